The molecule has 4 aromatic rings. The van der Waals surface area contributed by atoms with Crippen molar-refractivity contribution in [3.05, 3.63) is 131 Å². The van der Waals surface area contributed by atoms with Crippen molar-refractivity contribution in [1.29, 1.82) is 0 Å². The molecule has 4 aliphatic rings. The lowest BCUT2D eigenvalue weighted by Crippen LogP contribution is -2.55. The fourth-order valence-corrected chi connectivity index (χ4v) is 9.56. The van der Waals surface area contributed by atoms with Crippen LogP contribution < -0.4 is 10.6 Å². The third kappa shape index (κ3) is 6.59. The van der Waals surface area contributed by atoms with Gasteiger partial charge in [0.2, 0.25) is 11.8 Å². The summed E-state index contributed by atoms with van der Waals surface area (Å²) < 4.78 is 17.0. The fourth-order valence-electron chi connectivity index (χ4n) is 9.56. The van der Waals surface area contributed by atoms with Gasteiger partial charge in [0.1, 0.15) is 35.5 Å². The van der Waals surface area contributed by atoms with Crippen molar-refractivity contribution in [1.82, 2.24) is 4.90 Å². The smallest absolute Gasteiger partial charge is 0.421 e. The summed E-state index contributed by atoms with van der Waals surface area (Å²) >= 11 is 0. The van der Waals surface area contributed by atoms with Crippen LogP contribution in [0.15, 0.2) is 103 Å². The number of nitrogens with two attached hydrogens (primary N) is 1. The first kappa shape index (κ1) is 38.9. The number of rotatable bonds is 7. The zero-order valence-electron chi connectivity index (χ0n) is 32.1. The van der Waals surface area contributed by atoms with Crippen LogP contribution in [0.3, 0.4) is 0 Å². The fraction of sp³-hybridized carbons (Fsp3) is 0.348. The summed E-state index contributed by atoms with van der Waals surface area (Å²) in [6.07, 6.45) is 2.81. The van der Waals surface area contributed by atoms with Gasteiger partial charge >= 0.3 is 12.1 Å². The number of hydrogen-bond donors (Lipinski definition) is 3. The number of hydrogen-bond acceptors (Lipinski definition) is 10. The summed E-state index contributed by atoms with van der Waals surface area (Å²) in [5, 5.41) is 22.0. The molecular formula is C46H45N3O9. The molecule has 2 saturated heterocycles. The zero-order valence-corrected chi connectivity index (χ0v) is 32.1. The van der Waals surface area contributed by atoms with Crippen LogP contribution in [0, 0.1) is 17.8 Å². The van der Waals surface area contributed by atoms with Crippen LogP contribution in [-0.2, 0) is 34.0 Å². The number of benzene rings is 4. The molecule has 3 heterocycles. The van der Waals surface area contributed by atoms with E-state index < -0.39 is 65.0 Å². The molecule has 298 valence electrons. The monoisotopic (exact) mass is 783 g/mol. The topological polar surface area (TPSA) is 169 Å². The Balaban J connectivity index is 1.41. The van der Waals surface area contributed by atoms with Crippen LogP contribution in [0.2, 0.25) is 0 Å². The van der Waals surface area contributed by atoms with Crippen molar-refractivity contribution in [2.45, 2.75) is 73.8 Å². The van der Waals surface area contributed by atoms with E-state index in [9.17, 15) is 24.6 Å². The number of phenols is 1. The van der Waals surface area contributed by atoms with Crippen molar-refractivity contribution in [2.75, 3.05) is 25.2 Å². The van der Waals surface area contributed by atoms with E-state index in [1.807, 2.05) is 65.6 Å². The van der Waals surface area contributed by atoms with E-state index in [-0.39, 0.29) is 30.2 Å². The number of imide groups is 1. The van der Waals surface area contributed by atoms with Crippen LogP contribution in [0.1, 0.15) is 84.5 Å². The van der Waals surface area contributed by atoms with E-state index in [4.69, 9.17) is 19.9 Å². The number of cyclic esters (lactones) is 1. The molecule has 6 atom stereocenters. The van der Waals surface area contributed by atoms with Gasteiger partial charge in [0, 0.05) is 12.7 Å². The molecule has 0 radical (unpaired) electrons. The van der Waals surface area contributed by atoms with Gasteiger partial charge in [-0.2, -0.15) is 0 Å². The maximum absolute atomic E-state index is 15.8. The van der Waals surface area contributed by atoms with Crippen LogP contribution in [0.4, 0.5) is 10.5 Å². The van der Waals surface area contributed by atoms with Gasteiger partial charge < -0.3 is 30.2 Å². The van der Waals surface area contributed by atoms with Gasteiger partial charge in [-0.1, -0.05) is 97.5 Å². The number of ether oxygens (including phenoxy) is 3. The highest BCUT2D eigenvalue weighted by Crippen LogP contribution is 2.65. The molecule has 1 saturated carbocycles. The molecule has 1 spiro atoms. The number of anilines is 1. The number of carbonyl (C=O) groups is 4. The number of aliphatic hydroxyl groups is 1. The second-order valence-electron chi connectivity index (χ2n) is 15.4. The van der Waals surface area contributed by atoms with Crippen LogP contribution in [0.25, 0.3) is 0 Å². The number of fused-ring (bicyclic) bond motifs is 3. The minimum absolute atomic E-state index is 0.0471. The lowest BCUT2D eigenvalue weighted by molar-refractivity contribution is -0.178. The molecule has 0 unspecified atom stereocenters. The molecule has 3 aliphatic heterocycles. The van der Waals surface area contributed by atoms with Crippen molar-refractivity contribution < 1.29 is 43.6 Å². The number of amides is 3. The van der Waals surface area contributed by atoms with E-state index in [1.54, 1.807) is 30.3 Å². The molecular weight excluding hydrogens is 739 g/mol. The van der Waals surface area contributed by atoms with Gasteiger partial charge in [-0.15, -0.1) is 0 Å². The largest absolute Gasteiger partial charge is 0.508 e. The maximum atomic E-state index is 15.8. The first-order valence-electron chi connectivity index (χ1n) is 19.7. The van der Waals surface area contributed by atoms with Gasteiger partial charge in [0.15, 0.2) is 0 Å². The number of phenolic OH excluding ortho intramolecular Hbond substituents is 1. The lowest BCUT2D eigenvalue weighted by atomic mass is 9.65. The van der Waals surface area contributed by atoms with E-state index in [0.717, 1.165) is 36.1 Å². The molecule has 4 N–H and O–H groups in total. The van der Waals surface area contributed by atoms with E-state index in [1.165, 1.54) is 19.2 Å². The number of methoxy groups -OCH3 is 1. The van der Waals surface area contributed by atoms with Crippen LogP contribution >= 0.6 is 0 Å². The molecule has 8 rings (SSSR count). The third-order valence-corrected chi connectivity index (χ3v) is 12.0. The highest BCUT2D eigenvalue weighted by molar-refractivity contribution is 6.23. The molecule has 58 heavy (non-hydrogen) atoms. The molecule has 1 aliphatic carbocycles. The van der Waals surface area contributed by atoms with Crippen molar-refractivity contribution in [3.8, 4) is 17.6 Å². The number of esters is 1. The maximum Gasteiger partial charge on any atom is 0.421 e. The van der Waals surface area contributed by atoms with E-state index in [2.05, 4.69) is 11.8 Å². The Bertz CT molecular complexity index is 2260. The van der Waals surface area contributed by atoms with Crippen molar-refractivity contribution >= 4 is 29.6 Å². The Labute approximate surface area is 336 Å². The summed E-state index contributed by atoms with van der Waals surface area (Å²) in [6.45, 7) is -0.106. The first-order chi connectivity index (χ1) is 28.1. The Morgan fingerprint density at radius 3 is 2.14 bits per heavy atom. The summed E-state index contributed by atoms with van der Waals surface area (Å²) in [4.78, 5) is 61.7. The SMILES string of the molecule is COCCOC(=O)N1C(=O)[C@@]2(c3cc(C#CC4(O)CCCCCC4)ccc31)[C@H](C(N)=O)[C@H]1C(=O)O[C@H](c3ccccc3)[C@H](c3ccccc3)N1[C@@H]2c1ccc(O)cc1. The number of aromatic hydroxyl groups is 1. The molecule has 0 bridgehead atoms. The normalized spacial score (nSPS) is 26.2. The molecule has 12 nitrogen and oxygen atoms in total. The van der Waals surface area contributed by atoms with Gasteiger partial charge in [-0.25, -0.2) is 9.69 Å². The van der Waals surface area contributed by atoms with E-state index in [0.29, 0.717) is 29.5 Å². The predicted octanol–water partition coefficient (Wildman–Crippen LogP) is 5.76. The van der Waals surface area contributed by atoms with E-state index >= 15 is 4.79 Å². The lowest BCUT2D eigenvalue weighted by Gasteiger charge is -2.46. The standard InChI is InChI=1S/C46H45N3O9/c1-56-26-27-57-44(54)48-35-21-16-29(22-25-45(55)23-10-2-3-11-24-45)28-34(35)46(43(48)53)36(41(47)51)38-42(52)58-39(31-14-8-5-9-15-31)37(30-12-6-4-7-13-30)49(38)40(46)32-17-19-33(50)20-18-32/h4-9,12-21,28,36-40,50,55H,2-3,10-11,23-24,26-27H2,1H3,(H2,47,51)/t36-,37-,38-,39+,40+,46-/m0/s1. The number of primary amides is 1. The Hall–Kier alpha value is -6.00. The van der Waals surface area contributed by atoms with Crippen LogP contribution in [0.5, 0.6) is 5.75 Å². The van der Waals surface area contributed by atoms with Gasteiger partial charge in [-0.3, -0.25) is 19.3 Å². The van der Waals surface area contributed by atoms with Gasteiger partial charge in [0.25, 0.3) is 0 Å². The Morgan fingerprint density at radius 2 is 1.50 bits per heavy atom. The second-order valence-corrected chi connectivity index (χ2v) is 15.4. The second kappa shape index (κ2) is 15.7. The molecule has 4 aromatic carbocycles. The summed E-state index contributed by atoms with van der Waals surface area (Å²) in [7, 11) is 1.45. The van der Waals surface area contributed by atoms with Crippen LogP contribution in [-0.4, -0.2) is 71.0 Å². The summed E-state index contributed by atoms with van der Waals surface area (Å²) in [5.41, 5.74) is 5.80. The molecule has 3 fully saturated rings. The number of morpholine rings is 1. The molecule has 3 amide bonds. The average molecular weight is 784 g/mol. The first-order valence-corrected chi connectivity index (χ1v) is 19.7. The van der Waals surface area contributed by atoms with Gasteiger partial charge in [-0.05, 0) is 78.3 Å². The third-order valence-electron chi connectivity index (χ3n) is 12.0. The highest BCUT2D eigenvalue weighted by Gasteiger charge is 2.75. The quantitative estimate of drug-likeness (QED) is 0.0907. The minimum atomic E-state index is -2.04. The number of nitrogens with zero attached hydrogens (tertiary/aromatic N) is 2. The minimum Gasteiger partial charge on any atom is -0.508 e. The molecule has 12 heteroatoms. The summed E-state index contributed by atoms with van der Waals surface area (Å²) in [6, 6.07) is 26.3. The average Bonchev–Trinajstić information content (AvgIpc) is 3.57. The van der Waals surface area contributed by atoms with Gasteiger partial charge in [0.05, 0.1) is 30.3 Å². The zero-order chi connectivity index (χ0) is 40.6. The predicted molar refractivity (Wildman–Crippen MR) is 212 cm³/mol. The van der Waals surface area contributed by atoms with Crippen molar-refractivity contribution in [2.24, 2.45) is 11.7 Å². The Kier molecular flexibility index (Phi) is 10.5. The van der Waals surface area contributed by atoms with Crippen molar-refractivity contribution in [3.63, 3.8) is 0 Å². The molecule has 0 aromatic heterocycles. The Morgan fingerprint density at radius 1 is 0.845 bits per heavy atom. The number of carbonyl (C=O) groups excluding carboxylic acids is 4. The highest BCUT2D eigenvalue weighted by atomic mass is 16.6. The summed E-state index contributed by atoms with van der Waals surface area (Å²) in [5.74, 6) is 2.04.